The summed E-state index contributed by atoms with van der Waals surface area (Å²) >= 11 is 0. The molecule has 0 radical (unpaired) electrons. The quantitative estimate of drug-likeness (QED) is 0.408. The Morgan fingerprint density at radius 3 is 2.45 bits per heavy atom. The molecule has 2 aromatic heterocycles. The van der Waals surface area contributed by atoms with Crippen LogP contribution in [0.1, 0.15) is 28.3 Å². The Kier molecular flexibility index (Phi) is 6.06. The van der Waals surface area contributed by atoms with Crippen molar-refractivity contribution in [3.05, 3.63) is 108 Å². The van der Waals surface area contributed by atoms with Crippen molar-refractivity contribution in [3.63, 3.8) is 0 Å². The van der Waals surface area contributed by atoms with Gasteiger partial charge in [0, 0.05) is 18.9 Å². The predicted octanol–water partition coefficient (Wildman–Crippen LogP) is 4.53. The first-order valence-corrected chi connectivity index (χ1v) is 11.5. The van der Waals surface area contributed by atoms with Crippen molar-refractivity contribution >= 4 is 10.0 Å². The summed E-state index contributed by atoms with van der Waals surface area (Å²) in [6.07, 6.45) is 5.13. The highest BCUT2D eigenvalue weighted by Gasteiger charge is 2.27. The number of nitrogens with zero attached hydrogens (tertiary/aromatic N) is 3. The van der Waals surface area contributed by atoms with E-state index >= 15 is 0 Å². The molecule has 0 aliphatic carbocycles. The van der Waals surface area contributed by atoms with Gasteiger partial charge in [-0.25, -0.2) is 13.4 Å². The number of rotatable bonds is 8. The summed E-state index contributed by atoms with van der Waals surface area (Å²) in [5.41, 5.74) is 3.35. The van der Waals surface area contributed by atoms with Crippen molar-refractivity contribution in [2.75, 3.05) is 0 Å². The van der Waals surface area contributed by atoms with Gasteiger partial charge in [-0.1, -0.05) is 42.0 Å². The van der Waals surface area contributed by atoms with Crippen LogP contribution < -0.4 is 0 Å². The molecule has 0 aliphatic heterocycles. The van der Waals surface area contributed by atoms with E-state index in [0.717, 1.165) is 5.56 Å². The first-order chi connectivity index (χ1) is 14.9. The minimum Gasteiger partial charge on any atom is -0.468 e. The SMILES string of the molecule is Cc1ccc(S(=O)(=O)N(Cc2ccco2)Cc2nccn2Cc2ccccc2C)cc1. The van der Waals surface area contributed by atoms with Gasteiger partial charge in [-0.15, -0.1) is 0 Å². The second kappa shape index (κ2) is 8.91. The van der Waals surface area contributed by atoms with Crippen LogP contribution in [-0.2, 0) is 29.7 Å². The molecule has 4 aromatic rings. The fraction of sp³-hybridized carbons (Fsp3) is 0.208. The molecule has 0 saturated carbocycles. The maximum absolute atomic E-state index is 13.5. The second-order valence-electron chi connectivity index (χ2n) is 7.56. The van der Waals surface area contributed by atoms with Gasteiger partial charge in [-0.3, -0.25) is 0 Å². The molecule has 0 amide bonds. The molecule has 2 heterocycles. The molecule has 160 valence electrons. The van der Waals surface area contributed by atoms with E-state index in [1.54, 1.807) is 48.9 Å². The standard InChI is InChI=1S/C24H25N3O3S/c1-19-9-11-23(12-10-19)31(28,29)27(17-22-8-5-15-30-22)18-24-25-13-14-26(24)16-21-7-4-3-6-20(21)2/h3-15H,16-18H2,1-2H3. The number of hydrogen-bond donors (Lipinski definition) is 0. The molecule has 6 nitrogen and oxygen atoms in total. The molecule has 0 atom stereocenters. The summed E-state index contributed by atoms with van der Waals surface area (Å²) < 4.78 is 35.8. The fourth-order valence-electron chi connectivity index (χ4n) is 3.43. The average Bonchev–Trinajstić information content (AvgIpc) is 3.42. The maximum atomic E-state index is 13.5. The normalized spacial score (nSPS) is 11.8. The summed E-state index contributed by atoms with van der Waals surface area (Å²) in [5.74, 6) is 1.25. The summed E-state index contributed by atoms with van der Waals surface area (Å²) in [4.78, 5) is 4.71. The molecular formula is C24H25N3O3S. The van der Waals surface area contributed by atoms with Crippen LogP contribution >= 0.6 is 0 Å². The smallest absolute Gasteiger partial charge is 0.243 e. The highest BCUT2D eigenvalue weighted by molar-refractivity contribution is 7.89. The van der Waals surface area contributed by atoms with Crippen molar-refractivity contribution in [1.29, 1.82) is 0 Å². The third-order valence-corrected chi connectivity index (χ3v) is 7.10. The molecular weight excluding hydrogens is 410 g/mol. The summed E-state index contributed by atoms with van der Waals surface area (Å²) in [6.45, 7) is 4.88. The third kappa shape index (κ3) is 4.78. The van der Waals surface area contributed by atoms with Gasteiger partial charge in [0.25, 0.3) is 0 Å². The van der Waals surface area contributed by atoms with Crippen molar-refractivity contribution < 1.29 is 12.8 Å². The van der Waals surface area contributed by atoms with Crippen molar-refractivity contribution in [3.8, 4) is 0 Å². The van der Waals surface area contributed by atoms with Crippen LogP contribution in [0.4, 0.5) is 0 Å². The Hall–Kier alpha value is -3.16. The number of imidazole rings is 1. The van der Waals surface area contributed by atoms with Crippen LogP contribution in [0.15, 0.2) is 88.6 Å². The van der Waals surface area contributed by atoms with E-state index in [1.165, 1.54) is 15.4 Å². The van der Waals surface area contributed by atoms with Crippen LogP contribution in [-0.4, -0.2) is 22.3 Å². The van der Waals surface area contributed by atoms with E-state index in [4.69, 9.17) is 4.42 Å². The van der Waals surface area contributed by atoms with Gasteiger partial charge in [0.05, 0.1) is 24.2 Å². The lowest BCUT2D eigenvalue weighted by atomic mass is 10.1. The number of sulfonamides is 1. The predicted molar refractivity (Wildman–Crippen MR) is 119 cm³/mol. The fourth-order valence-corrected chi connectivity index (χ4v) is 4.79. The molecule has 2 aromatic carbocycles. The first kappa shape index (κ1) is 21.1. The zero-order valence-corrected chi connectivity index (χ0v) is 18.4. The van der Waals surface area contributed by atoms with E-state index in [9.17, 15) is 8.42 Å². The van der Waals surface area contributed by atoms with Gasteiger partial charge in [0.2, 0.25) is 10.0 Å². The Bertz CT molecular complexity index is 1240. The van der Waals surface area contributed by atoms with Gasteiger partial charge in [0.15, 0.2) is 0 Å². The number of aromatic nitrogens is 2. The van der Waals surface area contributed by atoms with Crippen molar-refractivity contribution in [2.24, 2.45) is 0 Å². The molecule has 0 bridgehead atoms. The maximum Gasteiger partial charge on any atom is 0.243 e. The van der Waals surface area contributed by atoms with Crippen LogP contribution in [0.2, 0.25) is 0 Å². The van der Waals surface area contributed by atoms with Gasteiger partial charge in [0.1, 0.15) is 11.6 Å². The van der Waals surface area contributed by atoms with Crippen LogP contribution in [0.5, 0.6) is 0 Å². The van der Waals surface area contributed by atoms with Gasteiger partial charge in [-0.05, 0) is 49.2 Å². The molecule has 7 heteroatoms. The van der Waals surface area contributed by atoms with Crippen molar-refractivity contribution in [1.82, 2.24) is 13.9 Å². The zero-order valence-electron chi connectivity index (χ0n) is 17.6. The lowest BCUT2D eigenvalue weighted by Gasteiger charge is -2.22. The largest absolute Gasteiger partial charge is 0.468 e. The van der Waals surface area contributed by atoms with Crippen molar-refractivity contribution in [2.45, 2.75) is 38.4 Å². The van der Waals surface area contributed by atoms with Crippen LogP contribution in [0.25, 0.3) is 0 Å². The average molecular weight is 436 g/mol. The topological polar surface area (TPSA) is 68.3 Å². The third-order valence-electron chi connectivity index (χ3n) is 5.29. The minimum absolute atomic E-state index is 0.125. The van der Waals surface area contributed by atoms with E-state index in [0.29, 0.717) is 18.1 Å². The molecule has 0 aliphatic rings. The van der Waals surface area contributed by atoms with E-state index in [-0.39, 0.29) is 18.0 Å². The van der Waals surface area contributed by atoms with Crippen LogP contribution in [0, 0.1) is 13.8 Å². The summed E-state index contributed by atoms with van der Waals surface area (Å²) in [6, 6.07) is 18.6. The highest BCUT2D eigenvalue weighted by atomic mass is 32.2. The minimum atomic E-state index is -3.75. The van der Waals surface area contributed by atoms with Gasteiger partial charge >= 0.3 is 0 Å². The summed E-state index contributed by atoms with van der Waals surface area (Å²) in [7, 11) is -3.75. The lowest BCUT2D eigenvalue weighted by molar-refractivity contribution is 0.348. The number of benzene rings is 2. The number of hydrogen-bond acceptors (Lipinski definition) is 4. The lowest BCUT2D eigenvalue weighted by Crippen LogP contribution is -2.31. The Labute approximate surface area is 182 Å². The van der Waals surface area contributed by atoms with Crippen LogP contribution in [0.3, 0.4) is 0 Å². The van der Waals surface area contributed by atoms with E-state index < -0.39 is 10.0 Å². The Balaban J connectivity index is 1.65. The molecule has 4 rings (SSSR count). The van der Waals surface area contributed by atoms with Gasteiger partial charge in [-0.2, -0.15) is 4.31 Å². The van der Waals surface area contributed by atoms with Gasteiger partial charge < -0.3 is 8.98 Å². The number of furan rings is 1. The molecule has 0 spiro atoms. The monoisotopic (exact) mass is 435 g/mol. The first-order valence-electron chi connectivity index (χ1n) is 10.1. The molecule has 31 heavy (non-hydrogen) atoms. The molecule has 0 N–H and O–H groups in total. The highest BCUT2D eigenvalue weighted by Crippen LogP contribution is 2.22. The zero-order chi connectivity index (χ0) is 21.8. The molecule has 0 saturated heterocycles. The second-order valence-corrected chi connectivity index (χ2v) is 9.50. The Morgan fingerprint density at radius 1 is 0.968 bits per heavy atom. The van der Waals surface area contributed by atoms with E-state index in [1.807, 2.05) is 29.8 Å². The van der Waals surface area contributed by atoms with E-state index in [2.05, 4.69) is 24.0 Å². The summed E-state index contributed by atoms with van der Waals surface area (Å²) in [5, 5.41) is 0. The number of aryl methyl sites for hydroxylation is 2. The molecule has 0 unspecified atom stereocenters. The molecule has 0 fully saturated rings. The Morgan fingerprint density at radius 2 is 1.74 bits per heavy atom.